The molecule has 0 bridgehead atoms. The zero-order valence-electron chi connectivity index (χ0n) is 17.0. The molecule has 0 spiro atoms. The Bertz CT molecular complexity index is 607. The second kappa shape index (κ2) is 11.7. The Kier molecular flexibility index (Phi) is 9.21. The average molecular weight is 380 g/mol. The maximum atomic E-state index is 5.50. The first kappa shape index (κ1) is 21.3. The molecule has 1 aliphatic rings. The third-order valence-electron chi connectivity index (χ3n) is 4.49. The van der Waals surface area contributed by atoms with Crippen molar-refractivity contribution in [1.29, 1.82) is 0 Å². The lowest BCUT2D eigenvalue weighted by atomic mass is 9.99. The van der Waals surface area contributed by atoms with Gasteiger partial charge in [0.05, 0.1) is 27.4 Å². The van der Waals surface area contributed by atoms with E-state index in [1.54, 1.807) is 21.3 Å². The molecule has 1 aromatic rings. The van der Waals surface area contributed by atoms with Crippen LogP contribution in [0.1, 0.15) is 24.5 Å². The Labute approximate surface area is 162 Å². The minimum absolute atomic E-state index is 0.632. The maximum Gasteiger partial charge on any atom is 0.194 e. The van der Waals surface area contributed by atoms with E-state index in [2.05, 4.69) is 29.3 Å². The quantitative estimate of drug-likeness (QED) is 0.381. The van der Waals surface area contributed by atoms with Gasteiger partial charge in [0, 0.05) is 39.9 Å². The summed E-state index contributed by atoms with van der Waals surface area (Å²) < 4.78 is 21.3. The van der Waals surface area contributed by atoms with Crippen molar-refractivity contribution in [2.45, 2.75) is 26.3 Å². The van der Waals surface area contributed by atoms with Crippen molar-refractivity contribution >= 4 is 5.96 Å². The van der Waals surface area contributed by atoms with Gasteiger partial charge in [0.2, 0.25) is 0 Å². The van der Waals surface area contributed by atoms with Crippen molar-refractivity contribution in [3.05, 3.63) is 23.3 Å². The van der Waals surface area contributed by atoms with Gasteiger partial charge < -0.3 is 29.2 Å². The SMILES string of the molecule is CCNC(=NCCCOCCOC)N1CCc2cc(OC)c(OC)cc2C1. The van der Waals surface area contributed by atoms with Crippen LogP contribution in [0.3, 0.4) is 0 Å². The third-order valence-corrected chi connectivity index (χ3v) is 4.49. The molecule has 0 atom stereocenters. The molecular formula is C20H33N3O4. The van der Waals surface area contributed by atoms with Crippen LogP contribution in [0.4, 0.5) is 0 Å². The Morgan fingerprint density at radius 3 is 2.48 bits per heavy atom. The molecule has 7 nitrogen and oxygen atoms in total. The second-order valence-electron chi connectivity index (χ2n) is 6.34. The normalized spacial score (nSPS) is 14.1. The van der Waals surface area contributed by atoms with Gasteiger partial charge in [0.1, 0.15) is 0 Å². The molecule has 2 rings (SSSR count). The van der Waals surface area contributed by atoms with Gasteiger partial charge >= 0.3 is 0 Å². The highest BCUT2D eigenvalue weighted by atomic mass is 16.5. The summed E-state index contributed by atoms with van der Waals surface area (Å²) in [6, 6.07) is 4.17. The molecule has 0 aliphatic carbocycles. The Hall–Kier alpha value is -1.99. The van der Waals surface area contributed by atoms with Crippen molar-refractivity contribution in [2.75, 3.05) is 60.8 Å². The average Bonchev–Trinajstić information content (AvgIpc) is 2.70. The highest BCUT2D eigenvalue weighted by molar-refractivity contribution is 5.80. The molecule has 0 saturated heterocycles. The van der Waals surface area contributed by atoms with Gasteiger partial charge in [-0.05, 0) is 43.0 Å². The van der Waals surface area contributed by atoms with Gasteiger partial charge in [0.15, 0.2) is 17.5 Å². The van der Waals surface area contributed by atoms with E-state index in [0.29, 0.717) is 19.8 Å². The zero-order chi connectivity index (χ0) is 19.5. The largest absolute Gasteiger partial charge is 0.493 e. The number of rotatable bonds is 10. The number of hydrogen-bond donors (Lipinski definition) is 1. The van der Waals surface area contributed by atoms with Crippen molar-refractivity contribution in [2.24, 2.45) is 4.99 Å². The molecule has 7 heteroatoms. The summed E-state index contributed by atoms with van der Waals surface area (Å²) in [5, 5.41) is 3.40. The summed E-state index contributed by atoms with van der Waals surface area (Å²) in [5.74, 6) is 2.52. The number of nitrogens with zero attached hydrogens (tertiary/aromatic N) is 2. The van der Waals surface area contributed by atoms with E-state index in [9.17, 15) is 0 Å². The van der Waals surface area contributed by atoms with Crippen LogP contribution in [0.25, 0.3) is 0 Å². The van der Waals surface area contributed by atoms with Crippen LogP contribution in [-0.2, 0) is 22.4 Å². The van der Waals surface area contributed by atoms with E-state index in [4.69, 9.17) is 23.9 Å². The lowest BCUT2D eigenvalue weighted by Gasteiger charge is -2.32. The molecular weight excluding hydrogens is 346 g/mol. The van der Waals surface area contributed by atoms with E-state index in [0.717, 1.165) is 56.5 Å². The number of benzene rings is 1. The summed E-state index contributed by atoms with van der Waals surface area (Å²) in [6.07, 6.45) is 1.86. The standard InChI is InChI=1S/C20H33N3O4/c1-5-21-20(22-8-6-10-27-12-11-24-2)23-9-7-16-13-18(25-3)19(26-4)14-17(16)15-23/h13-14H,5-12,15H2,1-4H3,(H,21,22). The van der Waals surface area contributed by atoms with Crippen molar-refractivity contribution < 1.29 is 18.9 Å². The third kappa shape index (κ3) is 6.29. The van der Waals surface area contributed by atoms with Gasteiger partial charge in [-0.3, -0.25) is 4.99 Å². The lowest BCUT2D eigenvalue weighted by molar-refractivity contribution is 0.0702. The Morgan fingerprint density at radius 2 is 1.81 bits per heavy atom. The first-order valence-corrected chi connectivity index (χ1v) is 9.57. The molecule has 1 heterocycles. The lowest BCUT2D eigenvalue weighted by Crippen LogP contribution is -2.44. The van der Waals surface area contributed by atoms with Gasteiger partial charge in [-0.15, -0.1) is 0 Å². The van der Waals surface area contributed by atoms with Gasteiger partial charge in [-0.1, -0.05) is 0 Å². The number of fused-ring (bicyclic) bond motifs is 1. The molecule has 152 valence electrons. The van der Waals surface area contributed by atoms with E-state index >= 15 is 0 Å². The molecule has 0 saturated carbocycles. The molecule has 0 unspecified atom stereocenters. The number of methoxy groups -OCH3 is 3. The van der Waals surface area contributed by atoms with Crippen LogP contribution in [0, 0.1) is 0 Å². The van der Waals surface area contributed by atoms with E-state index in [1.807, 2.05) is 0 Å². The molecule has 0 fully saturated rings. The van der Waals surface area contributed by atoms with Crippen molar-refractivity contribution in [3.63, 3.8) is 0 Å². The predicted octanol–water partition coefficient (Wildman–Crippen LogP) is 2.08. The summed E-state index contributed by atoms with van der Waals surface area (Å²) in [5.41, 5.74) is 2.57. The van der Waals surface area contributed by atoms with Crippen molar-refractivity contribution in [3.8, 4) is 11.5 Å². The molecule has 27 heavy (non-hydrogen) atoms. The molecule has 0 aromatic heterocycles. The van der Waals surface area contributed by atoms with Gasteiger partial charge in [-0.25, -0.2) is 0 Å². The Balaban J connectivity index is 1.97. The van der Waals surface area contributed by atoms with Gasteiger partial charge in [-0.2, -0.15) is 0 Å². The fourth-order valence-electron chi connectivity index (χ4n) is 3.09. The summed E-state index contributed by atoms with van der Waals surface area (Å²) in [4.78, 5) is 7.06. The molecule has 0 radical (unpaired) electrons. The smallest absolute Gasteiger partial charge is 0.194 e. The molecule has 1 aromatic carbocycles. The number of hydrogen-bond acceptors (Lipinski definition) is 5. The number of aliphatic imine (C=N–C) groups is 1. The Morgan fingerprint density at radius 1 is 1.07 bits per heavy atom. The number of nitrogens with one attached hydrogen (secondary N) is 1. The van der Waals surface area contributed by atoms with Gasteiger partial charge in [0.25, 0.3) is 0 Å². The minimum atomic E-state index is 0.632. The highest BCUT2D eigenvalue weighted by Crippen LogP contribution is 2.33. The highest BCUT2D eigenvalue weighted by Gasteiger charge is 2.21. The van der Waals surface area contributed by atoms with Crippen LogP contribution in [0.2, 0.25) is 0 Å². The van der Waals surface area contributed by atoms with Crippen LogP contribution >= 0.6 is 0 Å². The fraction of sp³-hybridized carbons (Fsp3) is 0.650. The summed E-state index contributed by atoms with van der Waals surface area (Å²) in [7, 11) is 5.03. The van der Waals surface area contributed by atoms with E-state index in [1.165, 1.54) is 11.1 Å². The predicted molar refractivity (Wildman–Crippen MR) is 107 cm³/mol. The maximum absolute atomic E-state index is 5.50. The van der Waals surface area contributed by atoms with E-state index < -0.39 is 0 Å². The number of ether oxygens (including phenoxy) is 4. The van der Waals surface area contributed by atoms with Crippen LogP contribution < -0.4 is 14.8 Å². The molecule has 1 N–H and O–H groups in total. The topological polar surface area (TPSA) is 64.6 Å². The van der Waals surface area contributed by atoms with Crippen LogP contribution in [-0.4, -0.2) is 71.6 Å². The monoisotopic (exact) mass is 379 g/mol. The van der Waals surface area contributed by atoms with Crippen LogP contribution in [0.5, 0.6) is 11.5 Å². The first-order chi connectivity index (χ1) is 13.2. The first-order valence-electron chi connectivity index (χ1n) is 9.57. The summed E-state index contributed by atoms with van der Waals surface area (Å²) in [6.45, 7) is 7.39. The zero-order valence-corrected chi connectivity index (χ0v) is 17.0. The van der Waals surface area contributed by atoms with Crippen molar-refractivity contribution in [1.82, 2.24) is 10.2 Å². The molecule has 1 aliphatic heterocycles. The fourth-order valence-corrected chi connectivity index (χ4v) is 3.09. The van der Waals surface area contributed by atoms with Crippen LogP contribution in [0.15, 0.2) is 17.1 Å². The summed E-state index contributed by atoms with van der Waals surface area (Å²) >= 11 is 0. The second-order valence-corrected chi connectivity index (χ2v) is 6.34. The van der Waals surface area contributed by atoms with E-state index in [-0.39, 0.29) is 0 Å². The molecule has 0 amide bonds. The number of guanidine groups is 1. The minimum Gasteiger partial charge on any atom is -0.493 e.